The van der Waals surface area contributed by atoms with Crippen LogP contribution in [0.25, 0.3) is 5.70 Å². The quantitative estimate of drug-likeness (QED) is 0.845. The zero-order valence-corrected chi connectivity index (χ0v) is 12.6. The van der Waals surface area contributed by atoms with Crippen molar-refractivity contribution in [1.29, 1.82) is 0 Å². The fourth-order valence-corrected chi connectivity index (χ4v) is 2.75. The molecule has 0 radical (unpaired) electrons. The van der Waals surface area contributed by atoms with Crippen molar-refractivity contribution in [1.82, 2.24) is 10.2 Å². The fraction of sp³-hybridized carbons (Fsp3) is 0.353. The second kappa shape index (κ2) is 6.12. The molecule has 1 atom stereocenters. The van der Waals surface area contributed by atoms with Gasteiger partial charge < -0.3 is 10.2 Å². The number of benzene rings is 1. The van der Waals surface area contributed by atoms with E-state index in [1.165, 1.54) is 0 Å². The smallest absolute Gasteiger partial charge is 0.242 e. The molecule has 0 bridgehead atoms. The summed E-state index contributed by atoms with van der Waals surface area (Å²) in [5, 5.41) is 2.67. The van der Waals surface area contributed by atoms with Crippen LogP contribution in [-0.2, 0) is 11.3 Å². The lowest BCUT2D eigenvalue weighted by Gasteiger charge is -2.28. The van der Waals surface area contributed by atoms with E-state index in [0.29, 0.717) is 29.8 Å². The third kappa shape index (κ3) is 2.71. The number of aryl methyl sites for hydroxylation is 1. The van der Waals surface area contributed by atoms with Crippen molar-refractivity contribution in [2.24, 2.45) is 0 Å². The normalized spacial score (nSPS) is 14.8. The molecule has 1 aromatic rings. The average molecular weight is 288 g/mol. The Hall–Kier alpha value is -2.10. The van der Waals surface area contributed by atoms with Gasteiger partial charge in [-0.2, -0.15) is 0 Å². The molecule has 4 heteroatoms. The van der Waals surface area contributed by atoms with Crippen molar-refractivity contribution >= 4 is 11.6 Å². The summed E-state index contributed by atoms with van der Waals surface area (Å²) in [5.74, 6) is -0.279. The minimum atomic E-state index is -0.354. The highest BCUT2D eigenvalue weighted by molar-refractivity contribution is 5.84. The number of carbonyl (C=O) groups is 1. The highest BCUT2D eigenvalue weighted by Crippen LogP contribution is 2.36. The number of nitrogens with one attached hydrogen (secondary N) is 1. The van der Waals surface area contributed by atoms with Crippen LogP contribution in [0, 0.1) is 12.7 Å². The SMILES string of the molecule is C=CCCC(C(=O)NC)N1Cc2c(ccc(C)c2F)C1=C. The van der Waals surface area contributed by atoms with Crippen molar-refractivity contribution in [3.8, 4) is 0 Å². The number of allylic oxidation sites excluding steroid dienone is 1. The van der Waals surface area contributed by atoms with E-state index in [1.807, 2.05) is 11.0 Å². The molecule has 1 aliphatic rings. The number of hydrogen-bond donors (Lipinski definition) is 1. The first-order valence-corrected chi connectivity index (χ1v) is 7.07. The van der Waals surface area contributed by atoms with Crippen LogP contribution in [-0.4, -0.2) is 23.9 Å². The summed E-state index contributed by atoms with van der Waals surface area (Å²) in [6.45, 7) is 9.87. The van der Waals surface area contributed by atoms with E-state index < -0.39 is 0 Å². The lowest BCUT2D eigenvalue weighted by Crippen LogP contribution is -2.42. The van der Waals surface area contributed by atoms with E-state index >= 15 is 0 Å². The van der Waals surface area contributed by atoms with Crippen LogP contribution in [0.2, 0.25) is 0 Å². The van der Waals surface area contributed by atoms with E-state index in [1.54, 1.807) is 26.1 Å². The summed E-state index contributed by atoms with van der Waals surface area (Å²) < 4.78 is 14.3. The van der Waals surface area contributed by atoms with Gasteiger partial charge in [0.05, 0.1) is 0 Å². The van der Waals surface area contributed by atoms with Gasteiger partial charge in [0, 0.05) is 30.4 Å². The standard InChI is InChI=1S/C17H21FN2O/c1-5-6-7-15(17(21)19-4)20-10-14-13(12(20)3)9-8-11(2)16(14)18/h5,8-9,15H,1,3,6-7,10H2,2,4H3,(H,19,21). The van der Waals surface area contributed by atoms with Crippen LogP contribution >= 0.6 is 0 Å². The fourth-order valence-electron chi connectivity index (χ4n) is 2.75. The Balaban J connectivity index is 2.33. The Morgan fingerprint density at radius 2 is 2.29 bits per heavy atom. The molecule has 112 valence electrons. The summed E-state index contributed by atoms with van der Waals surface area (Å²) in [7, 11) is 1.61. The van der Waals surface area contributed by atoms with Crippen LogP contribution in [0.5, 0.6) is 0 Å². The van der Waals surface area contributed by atoms with Gasteiger partial charge in [-0.05, 0) is 25.3 Å². The number of rotatable bonds is 5. The Bertz CT molecular complexity index is 595. The summed E-state index contributed by atoms with van der Waals surface area (Å²) in [6.07, 6.45) is 3.14. The molecule has 1 aromatic carbocycles. The summed E-state index contributed by atoms with van der Waals surface area (Å²) in [4.78, 5) is 14.0. The Labute approximate surface area is 125 Å². The van der Waals surface area contributed by atoms with Crippen LogP contribution in [0.1, 0.15) is 29.5 Å². The molecule has 0 saturated carbocycles. The van der Waals surface area contributed by atoms with Gasteiger partial charge >= 0.3 is 0 Å². The van der Waals surface area contributed by atoms with Gasteiger partial charge in [0.15, 0.2) is 0 Å². The Morgan fingerprint density at radius 1 is 1.57 bits per heavy atom. The van der Waals surface area contributed by atoms with Gasteiger partial charge in [-0.1, -0.05) is 24.8 Å². The molecule has 1 aliphatic heterocycles. The number of fused-ring (bicyclic) bond motifs is 1. The van der Waals surface area contributed by atoms with Crippen molar-refractivity contribution in [2.75, 3.05) is 7.05 Å². The number of likely N-dealkylation sites (N-methyl/N-ethyl adjacent to an activating group) is 1. The van der Waals surface area contributed by atoms with Gasteiger partial charge in [0.2, 0.25) is 5.91 Å². The van der Waals surface area contributed by atoms with Crippen LogP contribution < -0.4 is 5.32 Å². The van der Waals surface area contributed by atoms with Crippen molar-refractivity contribution in [3.05, 3.63) is 53.9 Å². The molecule has 1 N–H and O–H groups in total. The summed E-state index contributed by atoms with van der Waals surface area (Å²) in [6, 6.07) is 3.28. The van der Waals surface area contributed by atoms with E-state index in [4.69, 9.17) is 0 Å². The van der Waals surface area contributed by atoms with Gasteiger partial charge in [0.25, 0.3) is 0 Å². The van der Waals surface area contributed by atoms with Gasteiger partial charge in [0.1, 0.15) is 11.9 Å². The molecule has 0 aliphatic carbocycles. The number of nitrogens with zero attached hydrogens (tertiary/aromatic N) is 1. The Kier molecular flexibility index (Phi) is 4.46. The maximum atomic E-state index is 14.3. The molecular weight excluding hydrogens is 267 g/mol. The molecule has 21 heavy (non-hydrogen) atoms. The molecule has 0 aromatic heterocycles. The predicted octanol–water partition coefficient (Wildman–Crippen LogP) is 3.00. The largest absolute Gasteiger partial charge is 0.357 e. The number of amides is 1. The molecule has 1 amide bonds. The minimum Gasteiger partial charge on any atom is -0.357 e. The zero-order valence-electron chi connectivity index (χ0n) is 12.6. The van der Waals surface area contributed by atoms with E-state index in [0.717, 1.165) is 12.0 Å². The van der Waals surface area contributed by atoms with Gasteiger partial charge in [-0.15, -0.1) is 6.58 Å². The van der Waals surface area contributed by atoms with Gasteiger partial charge in [-0.25, -0.2) is 4.39 Å². The first kappa shape index (κ1) is 15.3. The number of halogens is 1. The molecule has 0 spiro atoms. The van der Waals surface area contributed by atoms with Crippen LogP contribution in [0.15, 0.2) is 31.4 Å². The molecule has 0 saturated heterocycles. The third-order valence-electron chi connectivity index (χ3n) is 3.99. The second-order valence-electron chi connectivity index (χ2n) is 5.29. The first-order valence-electron chi connectivity index (χ1n) is 7.07. The summed E-state index contributed by atoms with van der Waals surface area (Å²) >= 11 is 0. The topological polar surface area (TPSA) is 32.3 Å². The highest BCUT2D eigenvalue weighted by atomic mass is 19.1. The third-order valence-corrected chi connectivity index (χ3v) is 3.99. The minimum absolute atomic E-state index is 0.0806. The van der Waals surface area contributed by atoms with Crippen LogP contribution in [0.3, 0.4) is 0 Å². The first-order chi connectivity index (χ1) is 10.0. The van der Waals surface area contributed by atoms with Gasteiger partial charge in [-0.3, -0.25) is 4.79 Å². The van der Waals surface area contributed by atoms with Crippen LogP contribution in [0.4, 0.5) is 4.39 Å². The van der Waals surface area contributed by atoms with Crippen molar-refractivity contribution in [3.63, 3.8) is 0 Å². The lowest BCUT2D eigenvalue weighted by molar-refractivity contribution is -0.125. The molecular formula is C17H21FN2O. The highest BCUT2D eigenvalue weighted by Gasteiger charge is 2.33. The van der Waals surface area contributed by atoms with E-state index in [9.17, 15) is 9.18 Å². The molecule has 1 heterocycles. The predicted molar refractivity (Wildman–Crippen MR) is 83.0 cm³/mol. The number of hydrogen-bond acceptors (Lipinski definition) is 2. The number of carbonyl (C=O) groups excluding carboxylic acids is 1. The molecule has 1 unspecified atom stereocenters. The summed E-state index contributed by atoms with van der Waals surface area (Å²) in [5.41, 5.74) is 2.76. The molecule has 3 nitrogen and oxygen atoms in total. The molecule has 0 fully saturated rings. The zero-order chi connectivity index (χ0) is 15.6. The monoisotopic (exact) mass is 288 g/mol. The van der Waals surface area contributed by atoms with Crippen molar-refractivity contribution < 1.29 is 9.18 Å². The lowest BCUT2D eigenvalue weighted by atomic mass is 10.1. The Morgan fingerprint density at radius 3 is 2.90 bits per heavy atom. The maximum absolute atomic E-state index is 14.3. The maximum Gasteiger partial charge on any atom is 0.242 e. The average Bonchev–Trinajstić information content (AvgIpc) is 2.81. The van der Waals surface area contributed by atoms with E-state index in [2.05, 4.69) is 18.5 Å². The second-order valence-corrected chi connectivity index (χ2v) is 5.29. The van der Waals surface area contributed by atoms with Crippen molar-refractivity contribution in [2.45, 2.75) is 32.4 Å². The molecule has 2 rings (SSSR count). The van der Waals surface area contributed by atoms with E-state index in [-0.39, 0.29) is 17.8 Å².